The predicted molar refractivity (Wildman–Crippen MR) is 118 cm³/mol. The molecule has 0 spiro atoms. The second-order valence-corrected chi connectivity index (χ2v) is 7.44. The molecule has 5 heteroatoms. The van der Waals surface area contributed by atoms with E-state index in [2.05, 4.69) is 24.1 Å². The lowest BCUT2D eigenvalue weighted by Gasteiger charge is -2.20. The predicted octanol–water partition coefficient (Wildman–Crippen LogP) is 6.19. The Bertz CT molecular complexity index is 950. The van der Waals surface area contributed by atoms with Crippen molar-refractivity contribution in [1.82, 2.24) is 4.98 Å². The van der Waals surface area contributed by atoms with Crippen molar-refractivity contribution in [3.05, 3.63) is 71.7 Å². The Labute approximate surface area is 173 Å². The van der Waals surface area contributed by atoms with Crippen LogP contribution in [0.25, 0.3) is 10.9 Å². The van der Waals surface area contributed by atoms with Gasteiger partial charge in [0.1, 0.15) is 11.3 Å². The van der Waals surface area contributed by atoms with Gasteiger partial charge < -0.3 is 5.32 Å². The summed E-state index contributed by atoms with van der Waals surface area (Å²) in [6.45, 7) is 6.13. The number of hydrogen-bond acceptors (Lipinski definition) is 2. The third kappa shape index (κ3) is 5.08. The number of rotatable bonds is 6. The van der Waals surface area contributed by atoms with Gasteiger partial charge in [0.05, 0.1) is 11.9 Å². The summed E-state index contributed by atoms with van der Waals surface area (Å²) >= 11 is 0. The maximum atomic E-state index is 13.9. The van der Waals surface area contributed by atoms with Crippen molar-refractivity contribution in [2.24, 2.45) is 11.8 Å². The van der Waals surface area contributed by atoms with E-state index in [1.807, 2.05) is 43.3 Å². The number of aromatic nitrogens is 1. The third-order valence-electron chi connectivity index (χ3n) is 4.83. The van der Waals surface area contributed by atoms with Crippen LogP contribution in [0.4, 0.5) is 10.1 Å². The standard InChI is InChI=1S/C23H25FN2O.ClH.H2/c1-15(2)12-18(13-17-8-5-4-6-9-17)23(27)26-21-14-25-22-19(16(21)3)10-7-11-20(22)24;;/h4-11,14-15,18H,12-13H2,1-3H3,(H,26,27);2*1H. The minimum absolute atomic E-state index is 0. The fourth-order valence-electron chi connectivity index (χ4n) is 3.43. The largest absolute Gasteiger partial charge is 0.324 e. The summed E-state index contributed by atoms with van der Waals surface area (Å²) in [5.74, 6) is -0.0900. The van der Waals surface area contributed by atoms with Gasteiger partial charge in [0.15, 0.2) is 0 Å². The van der Waals surface area contributed by atoms with Crippen LogP contribution in [0.15, 0.2) is 54.7 Å². The highest BCUT2D eigenvalue weighted by molar-refractivity contribution is 5.96. The van der Waals surface area contributed by atoms with Crippen molar-refractivity contribution in [3.8, 4) is 0 Å². The first-order chi connectivity index (χ1) is 13.0. The molecule has 28 heavy (non-hydrogen) atoms. The number of hydrogen-bond donors (Lipinski definition) is 1. The van der Waals surface area contributed by atoms with Gasteiger partial charge in [-0.2, -0.15) is 0 Å². The maximum Gasteiger partial charge on any atom is 0.227 e. The number of fused-ring (bicyclic) bond motifs is 1. The summed E-state index contributed by atoms with van der Waals surface area (Å²) in [7, 11) is 0. The van der Waals surface area contributed by atoms with Crippen LogP contribution in [0.2, 0.25) is 0 Å². The molecular weight excluding hydrogens is 375 g/mol. The van der Waals surface area contributed by atoms with Crippen molar-refractivity contribution < 1.29 is 10.6 Å². The number of nitrogens with zero attached hydrogens (tertiary/aromatic N) is 1. The molecule has 0 fully saturated rings. The highest BCUT2D eigenvalue weighted by atomic mass is 35.5. The molecular formula is C23H28ClFN2O. The number of para-hydroxylation sites is 1. The lowest BCUT2D eigenvalue weighted by Crippen LogP contribution is -2.26. The van der Waals surface area contributed by atoms with Crippen LogP contribution in [0.3, 0.4) is 0 Å². The zero-order chi connectivity index (χ0) is 19.4. The molecule has 0 bridgehead atoms. The molecule has 1 N–H and O–H groups in total. The molecule has 1 atom stereocenters. The van der Waals surface area contributed by atoms with Crippen molar-refractivity contribution in [2.45, 2.75) is 33.6 Å². The minimum atomic E-state index is -0.352. The number of amides is 1. The number of carbonyl (C=O) groups is 1. The average molecular weight is 403 g/mol. The summed E-state index contributed by atoms with van der Waals surface area (Å²) in [6.07, 6.45) is 3.04. The lowest BCUT2D eigenvalue weighted by molar-refractivity contribution is -0.120. The van der Waals surface area contributed by atoms with Crippen molar-refractivity contribution in [2.75, 3.05) is 5.32 Å². The molecule has 150 valence electrons. The molecule has 1 amide bonds. The van der Waals surface area contributed by atoms with E-state index in [1.165, 1.54) is 6.07 Å². The fraction of sp³-hybridized carbons (Fsp3) is 0.304. The normalized spacial score (nSPS) is 11.9. The van der Waals surface area contributed by atoms with Gasteiger partial charge in [-0.3, -0.25) is 9.78 Å². The molecule has 1 heterocycles. The number of anilines is 1. The quantitative estimate of drug-likeness (QED) is 0.533. The fourth-order valence-corrected chi connectivity index (χ4v) is 3.43. The lowest BCUT2D eigenvalue weighted by atomic mass is 9.90. The summed E-state index contributed by atoms with van der Waals surface area (Å²) in [5.41, 5.74) is 2.94. The second kappa shape index (κ2) is 9.65. The van der Waals surface area contributed by atoms with E-state index in [4.69, 9.17) is 0 Å². The summed E-state index contributed by atoms with van der Waals surface area (Å²) in [4.78, 5) is 17.2. The first kappa shape index (κ1) is 21.8. The van der Waals surface area contributed by atoms with Crippen molar-refractivity contribution >= 4 is 34.9 Å². The highest BCUT2D eigenvalue weighted by Gasteiger charge is 2.21. The number of aryl methyl sites for hydroxylation is 1. The van der Waals surface area contributed by atoms with Gasteiger partial charge in [0, 0.05) is 12.7 Å². The van der Waals surface area contributed by atoms with Crippen molar-refractivity contribution in [1.29, 1.82) is 0 Å². The first-order valence-electron chi connectivity index (χ1n) is 9.34. The van der Waals surface area contributed by atoms with Crippen molar-refractivity contribution in [3.63, 3.8) is 0 Å². The van der Waals surface area contributed by atoms with Gasteiger partial charge in [-0.1, -0.05) is 56.3 Å². The number of nitrogens with one attached hydrogen (secondary N) is 1. The minimum Gasteiger partial charge on any atom is -0.324 e. The zero-order valence-corrected chi connectivity index (χ0v) is 17.2. The van der Waals surface area contributed by atoms with Gasteiger partial charge in [-0.25, -0.2) is 4.39 Å². The Balaban J connectivity index is 0.00000210. The summed E-state index contributed by atoms with van der Waals surface area (Å²) in [5, 5.41) is 3.74. The molecule has 1 unspecified atom stereocenters. The molecule has 0 saturated carbocycles. The molecule has 0 aliphatic rings. The highest BCUT2D eigenvalue weighted by Crippen LogP contribution is 2.26. The van der Waals surface area contributed by atoms with Gasteiger partial charge in [0.2, 0.25) is 5.91 Å². The molecule has 1 aromatic heterocycles. The molecule has 2 aromatic carbocycles. The van der Waals surface area contributed by atoms with E-state index in [0.29, 0.717) is 23.5 Å². The molecule has 0 aliphatic heterocycles. The molecule has 0 aliphatic carbocycles. The SMILES string of the molecule is Cc1c(NC(=O)C(Cc2ccccc2)CC(C)C)cnc2c(F)cccc12.Cl.[HH]. The second-order valence-electron chi connectivity index (χ2n) is 7.44. The van der Waals surface area contributed by atoms with E-state index >= 15 is 0 Å². The number of pyridine rings is 1. The average Bonchev–Trinajstić information content (AvgIpc) is 2.64. The number of carbonyl (C=O) groups excluding carboxylic acids is 1. The van der Waals surface area contributed by atoms with Crippen LogP contribution in [-0.2, 0) is 11.2 Å². The maximum absolute atomic E-state index is 13.9. The van der Waals surface area contributed by atoms with Crippen LogP contribution >= 0.6 is 12.4 Å². The van der Waals surface area contributed by atoms with Gasteiger partial charge in [-0.05, 0) is 42.9 Å². The van der Waals surface area contributed by atoms with Crippen LogP contribution < -0.4 is 5.32 Å². The van der Waals surface area contributed by atoms with E-state index in [1.54, 1.807) is 12.3 Å². The zero-order valence-electron chi connectivity index (χ0n) is 16.4. The molecule has 3 aromatic rings. The van der Waals surface area contributed by atoms with E-state index in [-0.39, 0.29) is 31.5 Å². The summed E-state index contributed by atoms with van der Waals surface area (Å²) in [6, 6.07) is 14.9. The van der Waals surface area contributed by atoms with Gasteiger partial charge >= 0.3 is 0 Å². The van der Waals surface area contributed by atoms with E-state index in [9.17, 15) is 9.18 Å². The third-order valence-corrected chi connectivity index (χ3v) is 4.83. The topological polar surface area (TPSA) is 42.0 Å². The molecule has 3 rings (SSSR count). The van der Waals surface area contributed by atoms with Gasteiger partial charge in [-0.15, -0.1) is 12.4 Å². The van der Waals surface area contributed by atoms with Crippen LogP contribution in [-0.4, -0.2) is 10.9 Å². The van der Waals surface area contributed by atoms with Crippen LogP contribution in [0.5, 0.6) is 0 Å². The Hall–Kier alpha value is -2.46. The van der Waals surface area contributed by atoms with E-state index in [0.717, 1.165) is 22.9 Å². The van der Waals surface area contributed by atoms with Crippen LogP contribution in [0.1, 0.15) is 32.8 Å². The monoisotopic (exact) mass is 402 g/mol. The Morgan fingerprint density at radius 3 is 2.54 bits per heavy atom. The Morgan fingerprint density at radius 2 is 1.86 bits per heavy atom. The van der Waals surface area contributed by atoms with Gasteiger partial charge in [0.25, 0.3) is 0 Å². The summed E-state index contributed by atoms with van der Waals surface area (Å²) < 4.78 is 13.9. The number of halogens is 2. The van der Waals surface area contributed by atoms with Crippen LogP contribution in [0, 0.1) is 24.6 Å². The number of benzene rings is 2. The Morgan fingerprint density at radius 1 is 1.14 bits per heavy atom. The smallest absolute Gasteiger partial charge is 0.227 e. The van der Waals surface area contributed by atoms with E-state index < -0.39 is 0 Å². The molecule has 0 saturated heterocycles. The molecule has 3 nitrogen and oxygen atoms in total. The first-order valence-corrected chi connectivity index (χ1v) is 9.34. The molecule has 0 radical (unpaired) electrons. The Kier molecular flexibility index (Phi) is 7.53.